The van der Waals surface area contributed by atoms with E-state index in [4.69, 9.17) is 4.74 Å². The fraction of sp³-hybridized carbons (Fsp3) is 0.500. The molecule has 7 heteroatoms. The van der Waals surface area contributed by atoms with Crippen molar-refractivity contribution in [2.75, 3.05) is 26.3 Å². The number of hydrogen-bond acceptors (Lipinski definition) is 5. The highest BCUT2D eigenvalue weighted by Gasteiger charge is 2.29. The summed E-state index contributed by atoms with van der Waals surface area (Å²) in [5, 5.41) is 5.85. The molecule has 1 saturated heterocycles. The lowest BCUT2D eigenvalue weighted by Gasteiger charge is -2.31. The van der Waals surface area contributed by atoms with Gasteiger partial charge in [-0.3, -0.25) is 9.59 Å². The van der Waals surface area contributed by atoms with Crippen molar-refractivity contribution in [3.8, 4) is 0 Å². The van der Waals surface area contributed by atoms with E-state index in [2.05, 4.69) is 10.3 Å². The number of morpholine rings is 1. The number of thiophene rings is 1. The number of fused-ring (bicyclic) bond motifs is 1. The Labute approximate surface area is 151 Å². The van der Waals surface area contributed by atoms with Gasteiger partial charge in [0.15, 0.2) is 0 Å². The maximum atomic E-state index is 12.9. The number of aromatic nitrogens is 1. The predicted octanol–water partition coefficient (Wildman–Crippen LogP) is 2.30. The largest absolute Gasteiger partial charge is 0.378 e. The Morgan fingerprint density at radius 3 is 2.80 bits per heavy atom. The molecular formula is C18H23N3O3S. The molecule has 0 aromatic carbocycles. The lowest BCUT2D eigenvalue weighted by Crippen LogP contribution is -2.52. The quantitative estimate of drug-likeness (QED) is 0.887. The van der Waals surface area contributed by atoms with Crippen molar-refractivity contribution in [3.05, 3.63) is 29.4 Å². The number of hydrogen-bond donors (Lipinski definition) is 1. The standard InChI is InChI=1S/C18H23N3O3S/c1-12(2)11-14(18(23)21-6-8-24-9-7-21)20-17(22)15-16-13(3-5-19-15)4-10-25-16/h3-5,10,12,14H,6-9,11H2,1-2H3,(H,20,22)/t14-/m0/s1. The molecule has 25 heavy (non-hydrogen) atoms. The molecule has 1 aliphatic heterocycles. The fourth-order valence-electron chi connectivity index (χ4n) is 2.98. The number of ether oxygens (including phenoxy) is 1. The van der Waals surface area contributed by atoms with Gasteiger partial charge in [-0.25, -0.2) is 4.98 Å². The van der Waals surface area contributed by atoms with Crippen LogP contribution in [-0.2, 0) is 9.53 Å². The van der Waals surface area contributed by atoms with Gasteiger partial charge in [0.05, 0.1) is 17.9 Å². The van der Waals surface area contributed by atoms with E-state index in [0.717, 1.165) is 10.1 Å². The summed E-state index contributed by atoms with van der Waals surface area (Å²) < 4.78 is 6.16. The van der Waals surface area contributed by atoms with Crippen LogP contribution in [0.1, 0.15) is 30.8 Å². The molecule has 134 valence electrons. The van der Waals surface area contributed by atoms with E-state index in [1.54, 1.807) is 11.1 Å². The number of pyridine rings is 1. The Morgan fingerprint density at radius 1 is 1.32 bits per heavy atom. The van der Waals surface area contributed by atoms with Gasteiger partial charge in [-0.15, -0.1) is 11.3 Å². The molecule has 6 nitrogen and oxygen atoms in total. The Morgan fingerprint density at radius 2 is 2.08 bits per heavy atom. The van der Waals surface area contributed by atoms with Gasteiger partial charge in [0.25, 0.3) is 5.91 Å². The number of carbonyl (C=O) groups excluding carboxylic acids is 2. The highest BCUT2D eigenvalue weighted by Crippen LogP contribution is 2.23. The predicted molar refractivity (Wildman–Crippen MR) is 97.7 cm³/mol. The van der Waals surface area contributed by atoms with Crippen LogP contribution in [-0.4, -0.2) is 54.0 Å². The van der Waals surface area contributed by atoms with E-state index in [9.17, 15) is 9.59 Å². The number of rotatable bonds is 5. The van der Waals surface area contributed by atoms with Crippen molar-refractivity contribution in [2.45, 2.75) is 26.3 Å². The molecule has 1 atom stereocenters. The fourth-order valence-corrected chi connectivity index (χ4v) is 3.86. The van der Waals surface area contributed by atoms with Crippen LogP contribution in [0.3, 0.4) is 0 Å². The second-order valence-corrected chi connectivity index (χ2v) is 7.51. The Hall–Kier alpha value is -1.99. The Balaban J connectivity index is 1.78. The van der Waals surface area contributed by atoms with Crippen molar-refractivity contribution in [3.63, 3.8) is 0 Å². The highest BCUT2D eigenvalue weighted by atomic mass is 32.1. The Bertz CT molecular complexity index is 753. The summed E-state index contributed by atoms with van der Waals surface area (Å²) in [6.45, 7) is 6.33. The van der Waals surface area contributed by atoms with Crippen LogP contribution in [0.15, 0.2) is 23.7 Å². The molecule has 2 aromatic rings. The third kappa shape index (κ3) is 4.16. The summed E-state index contributed by atoms with van der Waals surface area (Å²) in [4.78, 5) is 31.6. The molecule has 0 bridgehead atoms. The molecule has 1 fully saturated rings. The van der Waals surface area contributed by atoms with Gasteiger partial charge >= 0.3 is 0 Å². The van der Waals surface area contributed by atoms with Gasteiger partial charge in [0, 0.05) is 19.3 Å². The highest BCUT2D eigenvalue weighted by molar-refractivity contribution is 7.17. The van der Waals surface area contributed by atoms with Crippen molar-refractivity contribution in [2.24, 2.45) is 5.92 Å². The summed E-state index contributed by atoms with van der Waals surface area (Å²) >= 11 is 1.48. The molecule has 3 rings (SSSR count). The number of nitrogens with zero attached hydrogens (tertiary/aromatic N) is 2. The molecule has 0 saturated carbocycles. The lowest BCUT2D eigenvalue weighted by molar-refractivity contribution is -0.137. The number of carbonyl (C=O) groups is 2. The topological polar surface area (TPSA) is 71.5 Å². The monoisotopic (exact) mass is 361 g/mol. The molecule has 0 radical (unpaired) electrons. The SMILES string of the molecule is CC(C)C[C@H](NC(=O)c1nccc2ccsc12)C(=O)N1CCOCC1. The first-order chi connectivity index (χ1) is 12.1. The summed E-state index contributed by atoms with van der Waals surface area (Å²) in [5.41, 5.74) is 0.385. The van der Waals surface area contributed by atoms with Gasteiger partial charge in [-0.1, -0.05) is 13.8 Å². The van der Waals surface area contributed by atoms with Crippen LogP contribution in [0.25, 0.3) is 10.1 Å². The first kappa shape index (κ1) is 17.8. The van der Waals surface area contributed by atoms with Gasteiger partial charge in [-0.2, -0.15) is 0 Å². The second kappa shape index (κ2) is 7.93. The van der Waals surface area contributed by atoms with E-state index in [1.807, 2.05) is 31.4 Å². The number of nitrogens with one attached hydrogen (secondary N) is 1. The molecule has 1 aliphatic rings. The van der Waals surface area contributed by atoms with Crippen LogP contribution < -0.4 is 5.32 Å². The Kier molecular flexibility index (Phi) is 5.65. The maximum absolute atomic E-state index is 12.9. The van der Waals surface area contributed by atoms with Gasteiger partial charge in [0.1, 0.15) is 11.7 Å². The van der Waals surface area contributed by atoms with Crippen LogP contribution in [0.2, 0.25) is 0 Å². The van der Waals surface area contributed by atoms with E-state index < -0.39 is 6.04 Å². The summed E-state index contributed by atoms with van der Waals surface area (Å²) in [6.07, 6.45) is 2.23. The molecule has 2 aromatic heterocycles. The molecular weight excluding hydrogens is 338 g/mol. The van der Waals surface area contributed by atoms with Gasteiger partial charge in [-0.05, 0) is 35.2 Å². The van der Waals surface area contributed by atoms with E-state index in [0.29, 0.717) is 44.3 Å². The van der Waals surface area contributed by atoms with Crippen LogP contribution in [0.5, 0.6) is 0 Å². The minimum absolute atomic E-state index is 0.0382. The maximum Gasteiger partial charge on any atom is 0.272 e. The smallest absolute Gasteiger partial charge is 0.272 e. The first-order valence-electron chi connectivity index (χ1n) is 8.56. The average molecular weight is 361 g/mol. The molecule has 0 spiro atoms. The molecule has 0 aliphatic carbocycles. The zero-order valence-corrected chi connectivity index (χ0v) is 15.3. The molecule has 2 amide bonds. The molecule has 3 heterocycles. The van der Waals surface area contributed by atoms with Crippen LogP contribution in [0.4, 0.5) is 0 Å². The summed E-state index contributed by atoms with van der Waals surface area (Å²) in [5.74, 6) is -0.0372. The van der Waals surface area contributed by atoms with E-state index in [1.165, 1.54) is 11.3 Å². The normalized spacial score (nSPS) is 16.2. The average Bonchev–Trinajstić information content (AvgIpc) is 3.09. The molecule has 1 N–H and O–H groups in total. The van der Waals surface area contributed by atoms with Gasteiger partial charge in [0.2, 0.25) is 5.91 Å². The van der Waals surface area contributed by atoms with Crippen molar-refractivity contribution >= 4 is 33.2 Å². The van der Waals surface area contributed by atoms with Crippen molar-refractivity contribution in [1.82, 2.24) is 15.2 Å². The van der Waals surface area contributed by atoms with E-state index >= 15 is 0 Å². The minimum Gasteiger partial charge on any atom is -0.378 e. The lowest BCUT2D eigenvalue weighted by atomic mass is 10.0. The summed E-state index contributed by atoms with van der Waals surface area (Å²) in [6, 6.07) is 3.30. The molecule has 0 unspecified atom stereocenters. The number of amides is 2. The zero-order valence-electron chi connectivity index (χ0n) is 14.5. The van der Waals surface area contributed by atoms with Crippen LogP contribution >= 0.6 is 11.3 Å². The van der Waals surface area contributed by atoms with Gasteiger partial charge < -0.3 is 15.0 Å². The zero-order chi connectivity index (χ0) is 17.8. The third-order valence-electron chi connectivity index (χ3n) is 4.22. The van der Waals surface area contributed by atoms with E-state index in [-0.39, 0.29) is 11.8 Å². The summed E-state index contributed by atoms with van der Waals surface area (Å²) in [7, 11) is 0. The van der Waals surface area contributed by atoms with Crippen molar-refractivity contribution < 1.29 is 14.3 Å². The van der Waals surface area contributed by atoms with Crippen molar-refractivity contribution in [1.29, 1.82) is 0 Å². The van der Waals surface area contributed by atoms with Crippen LogP contribution in [0, 0.1) is 5.92 Å². The minimum atomic E-state index is -0.539. The second-order valence-electron chi connectivity index (χ2n) is 6.59. The third-order valence-corrected chi connectivity index (χ3v) is 5.15. The first-order valence-corrected chi connectivity index (χ1v) is 9.44.